The van der Waals surface area contributed by atoms with Crippen LogP contribution in [0.25, 0.3) is 0 Å². The summed E-state index contributed by atoms with van der Waals surface area (Å²) >= 11 is 0. The lowest BCUT2D eigenvalue weighted by Gasteiger charge is -2.02. The van der Waals surface area contributed by atoms with E-state index in [1.54, 1.807) is 0 Å². The Morgan fingerprint density at radius 1 is 1.50 bits per heavy atom. The molecule has 0 spiro atoms. The molecule has 0 aliphatic carbocycles. The fraction of sp³-hybridized carbons (Fsp3) is 0.167. The molecule has 0 saturated carbocycles. The van der Waals surface area contributed by atoms with Crippen molar-refractivity contribution in [2.45, 2.75) is 0 Å². The minimum atomic E-state index is -0.588. The molecule has 1 aromatic heterocycles. The number of aromatic nitrogens is 2. The molecule has 0 atom stereocenters. The molecule has 0 unspecified atom stereocenters. The van der Waals surface area contributed by atoms with Crippen molar-refractivity contribution in [2.75, 3.05) is 5.43 Å². The summed E-state index contributed by atoms with van der Waals surface area (Å²) in [6.45, 7) is 0. The van der Waals surface area contributed by atoms with Crippen LogP contribution in [0.15, 0.2) is 21.9 Å². The van der Waals surface area contributed by atoms with Gasteiger partial charge < -0.3 is 0 Å². The fourth-order valence-corrected chi connectivity index (χ4v) is 0.725. The normalized spacial score (nSPS) is 9.42. The summed E-state index contributed by atoms with van der Waals surface area (Å²) in [7, 11) is 1.33. The van der Waals surface area contributed by atoms with E-state index in [1.807, 2.05) is 0 Å². The average molecular weight is 169 g/mol. The van der Waals surface area contributed by atoms with Crippen LogP contribution < -0.4 is 16.7 Å². The van der Waals surface area contributed by atoms with E-state index in [0.717, 1.165) is 9.24 Å². The van der Waals surface area contributed by atoms with Gasteiger partial charge in [0.15, 0.2) is 0 Å². The number of hydrogen-bond donors (Lipinski definition) is 1. The molecule has 0 saturated heterocycles. The van der Waals surface area contributed by atoms with Crippen molar-refractivity contribution in [2.24, 2.45) is 7.05 Å². The van der Waals surface area contributed by atoms with Gasteiger partial charge in [-0.15, -0.1) is 0 Å². The van der Waals surface area contributed by atoms with Gasteiger partial charge in [0.2, 0.25) is 6.41 Å². The second-order valence-corrected chi connectivity index (χ2v) is 2.11. The highest BCUT2D eigenvalue weighted by atomic mass is 16.2. The molecule has 1 aromatic rings. The number of nitrogens with one attached hydrogen (secondary N) is 1. The van der Waals surface area contributed by atoms with Crippen LogP contribution in [0.3, 0.4) is 0 Å². The molecule has 1 N–H and O–H groups in total. The van der Waals surface area contributed by atoms with Crippen LogP contribution >= 0.6 is 0 Å². The van der Waals surface area contributed by atoms with Crippen molar-refractivity contribution in [3.63, 3.8) is 0 Å². The Morgan fingerprint density at radius 2 is 2.17 bits per heavy atom. The van der Waals surface area contributed by atoms with E-state index in [1.165, 1.54) is 19.3 Å². The fourth-order valence-electron chi connectivity index (χ4n) is 0.725. The number of rotatable bonds is 2. The Kier molecular flexibility index (Phi) is 2.09. The highest BCUT2D eigenvalue weighted by Gasteiger charge is 1.97. The quantitative estimate of drug-likeness (QED) is 0.533. The minimum Gasteiger partial charge on any atom is -0.277 e. The van der Waals surface area contributed by atoms with E-state index in [9.17, 15) is 14.4 Å². The number of carbonyl (C=O) groups is 1. The second-order valence-electron chi connectivity index (χ2n) is 2.11. The monoisotopic (exact) mass is 169 g/mol. The Labute approximate surface area is 67.0 Å². The molecule has 0 fully saturated rings. The van der Waals surface area contributed by atoms with Gasteiger partial charge in [0, 0.05) is 19.3 Å². The first-order chi connectivity index (χ1) is 5.66. The Balaban J connectivity index is 3.36. The van der Waals surface area contributed by atoms with Gasteiger partial charge in [-0.25, -0.2) is 9.47 Å². The predicted molar refractivity (Wildman–Crippen MR) is 41.4 cm³/mol. The van der Waals surface area contributed by atoms with Crippen molar-refractivity contribution >= 4 is 6.41 Å². The Hall–Kier alpha value is -1.85. The van der Waals surface area contributed by atoms with Gasteiger partial charge >= 0.3 is 5.69 Å². The Bertz CT molecular complexity index is 403. The molecule has 64 valence electrons. The molecule has 6 nitrogen and oxygen atoms in total. The second kappa shape index (κ2) is 3.04. The molecule has 0 bridgehead atoms. The van der Waals surface area contributed by atoms with Crippen LogP contribution in [0.1, 0.15) is 0 Å². The smallest absolute Gasteiger partial charge is 0.277 e. The standard InChI is InChI=1S/C6H7N3O3/c1-8-5(11)2-3-9(6(8)12)7-4-10/h2-4H,1H3,(H,7,10). The summed E-state index contributed by atoms with van der Waals surface area (Å²) < 4.78 is 1.80. The van der Waals surface area contributed by atoms with Gasteiger partial charge in [0.1, 0.15) is 0 Å². The summed E-state index contributed by atoms with van der Waals surface area (Å²) in [5.41, 5.74) is 1.11. The van der Waals surface area contributed by atoms with E-state index in [-0.39, 0.29) is 0 Å². The summed E-state index contributed by atoms with van der Waals surface area (Å²) in [5.74, 6) is 0. The molecular formula is C6H7N3O3. The van der Waals surface area contributed by atoms with Crippen LogP contribution in [0, 0.1) is 0 Å². The lowest BCUT2D eigenvalue weighted by molar-refractivity contribution is -0.106. The first-order valence-corrected chi connectivity index (χ1v) is 3.15. The molecule has 0 radical (unpaired) electrons. The zero-order chi connectivity index (χ0) is 9.14. The van der Waals surface area contributed by atoms with Crippen molar-refractivity contribution < 1.29 is 4.79 Å². The number of carbonyl (C=O) groups excluding carboxylic acids is 1. The van der Waals surface area contributed by atoms with Crippen LogP contribution in [-0.4, -0.2) is 15.7 Å². The van der Waals surface area contributed by atoms with Gasteiger partial charge in [0.25, 0.3) is 5.56 Å². The van der Waals surface area contributed by atoms with Gasteiger partial charge in [-0.1, -0.05) is 0 Å². The lowest BCUT2D eigenvalue weighted by atomic mass is 10.6. The summed E-state index contributed by atoms with van der Waals surface area (Å²) in [6.07, 6.45) is 1.55. The van der Waals surface area contributed by atoms with Gasteiger partial charge in [0.05, 0.1) is 0 Å². The summed E-state index contributed by atoms with van der Waals surface area (Å²) in [5, 5.41) is 0. The molecule has 1 heterocycles. The average Bonchev–Trinajstić information content (AvgIpc) is 2.07. The largest absolute Gasteiger partial charge is 0.349 e. The van der Waals surface area contributed by atoms with Crippen LogP contribution in [0.4, 0.5) is 0 Å². The molecule has 1 amide bonds. The zero-order valence-corrected chi connectivity index (χ0v) is 6.35. The SMILES string of the molecule is Cn1c(=O)ccn(NC=O)c1=O. The van der Waals surface area contributed by atoms with Crippen molar-refractivity contribution in [1.29, 1.82) is 0 Å². The highest BCUT2D eigenvalue weighted by Crippen LogP contribution is 1.67. The lowest BCUT2D eigenvalue weighted by Crippen LogP contribution is -2.40. The number of hydrogen-bond acceptors (Lipinski definition) is 3. The third-order valence-electron chi connectivity index (χ3n) is 1.38. The summed E-state index contributed by atoms with van der Waals surface area (Å²) in [4.78, 5) is 31.9. The van der Waals surface area contributed by atoms with E-state index >= 15 is 0 Å². The number of nitrogens with zero attached hydrogens (tertiary/aromatic N) is 2. The van der Waals surface area contributed by atoms with Crippen LogP contribution in [0.5, 0.6) is 0 Å². The van der Waals surface area contributed by atoms with E-state index in [4.69, 9.17) is 0 Å². The van der Waals surface area contributed by atoms with Gasteiger partial charge in [-0.2, -0.15) is 0 Å². The van der Waals surface area contributed by atoms with E-state index < -0.39 is 11.2 Å². The van der Waals surface area contributed by atoms with Crippen molar-refractivity contribution in [3.05, 3.63) is 33.1 Å². The van der Waals surface area contributed by atoms with Gasteiger partial charge in [-0.05, 0) is 0 Å². The maximum atomic E-state index is 11.1. The number of amides is 1. The zero-order valence-electron chi connectivity index (χ0n) is 6.35. The van der Waals surface area contributed by atoms with Gasteiger partial charge in [-0.3, -0.25) is 19.6 Å². The minimum absolute atomic E-state index is 0.353. The molecule has 6 heteroatoms. The first kappa shape index (κ1) is 8.25. The van der Waals surface area contributed by atoms with Crippen LogP contribution in [-0.2, 0) is 11.8 Å². The molecule has 0 aliphatic rings. The van der Waals surface area contributed by atoms with Crippen molar-refractivity contribution in [1.82, 2.24) is 9.24 Å². The highest BCUT2D eigenvalue weighted by molar-refractivity contribution is 5.56. The maximum Gasteiger partial charge on any atom is 0.349 e. The van der Waals surface area contributed by atoms with E-state index in [0.29, 0.717) is 6.41 Å². The van der Waals surface area contributed by atoms with Crippen molar-refractivity contribution in [3.8, 4) is 0 Å². The maximum absolute atomic E-state index is 11.1. The third kappa shape index (κ3) is 1.26. The predicted octanol–water partition coefficient (Wildman–Crippen LogP) is -1.75. The molecule has 12 heavy (non-hydrogen) atoms. The van der Waals surface area contributed by atoms with Crippen LogP contribution in [0.2, 0.25) is 0 Å². The summed E-state index contributed by atoms with van der Waals surface area (Å²) in [6, 6.07) is 1.18. The topological polar surface area (TPSA) is 73.1 Å². The molecular weight excluding hydrogens is 162 g/mol. The molecule has 1 rings (SSSR count). The molecule has 0 aliphatic heterocycles. The Morgan fingerprint density at radius 3 is 2.75 bits per heavy atom. The molecule has 0 aromatic carbocycles. The third-order valence-corrected chi connectivity index (χ3v) is 1.38. The van der Waals surface area contributed by atoms with E-state index in [2.05, 4.69) is 5.43 Å². The first-order valence-electron chi connectivity index (χ1n) is 3.15.